The molecule has 0 aliphatic carbocycles. The van der Waals surface area contributed by atoms with E-state index in [2.05, 4.69) is 55.0 Å². The summed E-state index contributed by atoms with van der Waals surface area (Å²) >= 11 is 7.47. The molecule has 0 aliphatic heterocycles. The van der Waals surface area contributed by atoms with Crippen LogP contribution in [0.5, 0.6) is 0 Å². The summed E-state index contributed by atoms with van der Waals surface area (Å²) in [5.74, 6) is 0.479. The second kappa shape index (κ2) is 7.21. The molecule has 1 unspecified atom stereocenters. The number of hydrogen-bond acceptors (Lipinski definition) is 3. The molecule has 0 radical (unpaired) electrons. The Labute approximate surface area is 130 Å². The highest BCUT2D eigenvalue weighted by Crippen LogP contribution is 2.25. The maximum absolute atomic E-state index is 5.82. The molecule has 0 saturated heterocycles. The normalized spacial score (nSPS) is 12.8. The molecular weight excluding hydrogens is 288 g/mol. The fraction of sp³-hybridized carbons (Fsp3) is 0.438. The van der Waals surface area contributed by atoms with Gasteiger partial charge < -0.3 is 0 Å². The molecule has 0 fully saturated rings. The van der Waals surface area contributed by atoms with Crippen LogP contribution in [-0.2, 0) is 12.4 Å². The van der Waals surface area contributed by atoms with Crippen molar-refractivity contribution in [2.75, 3.05) is 7.05 Å². The summed E-state index contributed by atoms with van der Waals surface area (Å²) in [7, 11) is 2.18. The molecule has 0 aliphatic rings. The Morgan fingerprint density at radius 1 is 1.40 bits per heavy atom. The van der Waals surface area contributed by atoms with Crippen molar-refractivity contribution in [3.63, 3.8) is 0 Å². The molecule has 0 saturated carbocycles. The molecule has 2 rings (SSSR count). The van der Waals surface area contributed by atoms with E-state index in [1.165, 1.54) is 17.5 Å². The number of aromatic nitrogens is 1. The van der Waals surface area contributed by atoms with Gasteiger partial charge in [0.25, 0.3) is 0 Å². The molecule has 1 aromatic heterocycles. The van der Waals surface area contributed by atoms with Crippen LogP contribution in [0.4, 0.5) is 0 Å². The minimum Gasteiger partial charge on any atom is -0.299 e. The Morgan fingerprint density at radius 3 is 2.85 bits per heavy atom. The maximum Gasteiger partial charge on any atom is 0.123 e. The lowest BCUT2D eigenvalue weighted by Crippen LogP contribution is -2.27. The summed E-state index contributed by atoms with van der Waals surface area (Å²) in [6.07, 6.45) is 1.17. The quantitative estimate of drug-likeness (QED) is 0.714. The van der Waals surface area contributed by atoms with E-state index in [0.29, 0.717) is 11.9 Å². The summed E-state index contributed by atoms with van der Waals surface area (Å²) < 4.78 is 0. The number of halogens is 1. The van der Waals surface area contributed by atoms with Crippen LogP contribution < -0.4 is 0 Å². The Kier molecular flexibility index (Phi) is 5.58. The van der Waals surface area contributed by atoms with Crippen molar-refractivity contribution in [1.29, 1.82) is 0 Å². The molecule has 2 nitrogen and oxygen atoms in total. The second-order valence-electron chi connectivity index (χ2n) is 5.15. The zero-order chi connectivity index (χ0) is 14.5. The van der Waals surface area contributed by atoms with E-state index >= 15 is 0 Å². The largest absolute Gasteiger partial charge is 0.299 e. The van der Waals surface area contributed by atoms with Crippen molar-refractivity contribution in [3.05, 3.63) is 40.9 Å². The van der Waals surface area contributed by atoms with Gasteiger partial charge in [0.15, 0.2) is 0 Å². The van der Waals surface area contributed by atoms with Gasteiger partial charge in [0, 0.05) is 23.5 Å². The van der Waals surface area contributed by atoms with Crippen LogP contribution in [0.3, 0.4) is 0 Å². The molecule has 2 aromatic rings. The topological polar surface area (TPSA) is 16.1 Å². The molecule has 1 atom stereocenters. The van der Waals surface area contributed by atoms with Crippen LogP contribution in [0.15, 0.2) is 29.6 Å². The van der Waals surface area contributed by atoms with Gasteiger partial charge in [-0.15, -0.1) is 22.9 Å². The number of nitrogens with zero attached hydrogens (tertiary/aromatic N) is 2. The molecule has 0 spiro atoms. The smallest absolute Gasteiger partial charge is 0.123 e. The molecular formula is C16H21ClN2S. The van der Waals surface area contributed by atoms with Gasteiger partial charge in [0.2, 0.25) is 0 Å². The summed E-state index contributed by atoms with van der Waals surface area (Å²) in [6, 6.07) is 9.23. The van der Waals surface area contributed by atoms with Crippen molar-refractivity contribution in [2.45, 2.75) is 38.7 Å². The van der Waals surface area contributed by atoms with Gasteiger partial charge >= 0.3 is 0 Å². The third-order valence-electron chi connectivity index (χ3n) is 3.64. The van der Waals surface area contributed by atoms with Crippen LogP contribution in [-0.4, -0.2) is 23.0 Å². The molecule has 20 heavy (non-hydrogen) atoms. The molecule has 0 bridgehead atoms. The first-order chi connectivity index (χ1) is 9.63. The van der Waals surface area contributed by atoms with E-state index in [-0.39, 0.29) is 0 Å². The third-order valence-corrected chi connectivity index (χ3v) is 4.85. The summed E-state index contributed by atoms with van der Waals surface area (Å²) in [4.78, 5) is 6.92. The summed E-state index contributed by atoms with van der Waals surface area (Å²) in [5, 5.41) is 3.08. The first-order valence-electron chi connectivity index (χ1n) is 6.94. The van der Waals surface area contributed by atoms with Gasteiger partial charge in [0.1, 0.15) is 5.01 Å². The van der Waals surface area contributed by atoms with Crippen molar-refractivity contribution in [2.24, 2.45) is 0 Å². The van der Waals surface area contributed by atoms with E-state index in [0.717, 1.165) is 17.2 Å². The fourth-order valence-electron chi connectivity index (χ4n) is 2.06. The van der Waals surface area contributed by atoms with Gasteiger partial charge in [-0.2, -0.15) is 0 Å². The molecule has 108 valence electrons. The minimum absolute atomic E-state index is 0.479. The minimum atomic E-state index is 0.479. The number of hydrogen-bond donors (Lipinski definition) is 0. The van der Waals surface area contributed by atoms with E-state index in [1.54, 1.807) is 11.3 Å². The van der Waals surface area contributed by atoms with Crippen LogP contribution in [0.25, 0.3) is 10.6 Å². The van der Waals surface area contributed by atoms with Crippen molar-refractivity contribution in [3.8, 4) is 10.6 Å². The first-order valence-corrected chi connectivity index (χ1v) is 8.35. The highest BCUT2D eigenvalue weighted by Gasteiger charge is 2.09. The number of benzene rings is 1. The monoisotopic (exact) mass is 308 g/mol. The third kappa shape index (κ3) is 3.81. The molecule has 1 aromatic carbocycles. The summed E-state index contributed by atoms with van der Waals surface area (Å²) in [5.41, 5.74) is 3.46. The predicted molar refractivity (Wildman–Crippen MR) is 88.3 cm³/mol. The summed E-state index contributed by atoms with van der Waals surface area (Å²) in [6.45, 7) is 5.45. The van der Waals surface area contributed by atoms with Crippen molar-refractivity contribution >= 4 is 22.9 Å². The molecule has 0 N–H and O–H groups in total. The van der Waals surface area contributed by atoms with Crippen LogP contribution in [0.1, 0.15) is 31.5 Å². The maximum atomic E-state index is 5.82. The van der Waals surface area contributed by atoms with Crippen LogP contribution >= 0.6 is 22.9 Å². The Bertz CT molecular complexity index is 553. The average molecular weight is 309 g/mol. The Hall–Kier alpha value is -0.900. The van der Waals surface area contributed by atoms with Gasteiger partial charge in [-0.05, 0) is 32.0 Å². The fourth-order valence-corrected chi connectivity index (χ4v) is 3.10. The molecule has 1 heterocycles. The Balaban J connectivity index is 2.15. The van der Waals surface area contributed by atoms with Crippen molar-refractivity contribution in [1.82, 2.24) is 9.88 Å². The van der Waals surface area contributed by atoms with Crippen LogP contribution in [0.2, 0.25) is 0 Å². The standard InChI is InChI=1S/C16H21ClN2S/c1-4-12(2)19(3)10-13-6-5-7-14(8-13)16-18-15(9-17)11-20-16/h5-8,11-12H,4,9-10H2,1-3H3. The zero-order valence-electron chi connectivity index (χ0n) is 12.3. The van der Waals surface area contributed by atoms with E-state index < -0.39 is 0 Å². The average Bonchev–Trinajstić information content (AvgIpc) is 2.95. The molecule has 4 heteroatoms. The van der Waals surface area contributed by atoms with Gasteiger partial charge in [-0.1, -0.05) is 25.1 Å². The number of thiazole rings is 1. The second-order valence-corrected chi connectivity index (χ2v) is 6.28. The Morgan fingerprint density at radius 2 is 2.20 bits per heavy atom. The van der Waals surface area contributed by atoms with Crippen molar-refractivity contribution < 1.29 is 0 Å². The predicted octanol–water partition coefficient (Wildman–Crippen LogP) is 4.78. The van der Waals surface area contributed by atoms with Gasteiger partial charge in [0.05, 0.1) is 11.6 Å². The van der Waals surface area contributed by atoms with Gasteiger partial charge in [-0.3, -0.25) is 4.90 Å². The van der Waals surface area contributed by atoms with Crippen LogP contribution in [0, 0.1) is 0 Å². The lowest BCUT2D eigenvalue weighted by atomic mass is 10.1. The highest BCUT2D eigenvalue weighted by molar-refractivity contribution is 7.13. The zero-order valence-corrected chi connectivity index (χ0v) is 13.8. The van der Waals surface area contributed by atoms with E-state index in [4.69, 9.17) is 11.6 Å². The SMILES string of the molecule is CCC(C)N(C)Cc1cccc(-c2nc(CCl)cs2)c1. The lowest BCUT2D eigenvalue weighted by Gasteiger charge is -2.23. The molecule has 0 amide bonds. The highest BCUT2D eigenvalue weighted by atomic mass is 35.5. The van der Waals surface area contributed by atoms with E-state index in [1.807, 2.05) is 5.38 Å². The lowest BCUT2D eigenvalue weighted by molar-refractivity contribution is 0.244. The van der Waals surface area contributed by atoms with Gasteiger partial charge in [-0.25, -0.2) is 4.98 Å². The number of rotatable bonds is 6. The first kappa shape index (κ1) is 15.5. The van der Waals surface area contributed by atoms with E-state index in [9.17, 15) is 0 Å². The number of alkyl halides is 1.